The van der Waals surface area contributed by atoms with Gasteiger partial charge in [-0.15, -0.1) is 0 Å². The summed E-state index contributed by atoms with van der Waals surface area (Å²) in [5.41, 5.74) is 7.28. The molecule has 2 rings (SSSR count). The van der Waals surface area contributed by atoms with Gasteiger partial charge in [-0.2, -0.15) is 0 Å². The van der Waals surface area contributed by atoms with Crippen molar-refractivity contribution in [1.29, 1.82) is 0 Å². The molecule has 0 radical (unpaired) electrons. The van der Waals surface area contributed by atoms with Crippen molar-refractivity contribution in [3.63, 3.8) is 0 Å². The van der Waals surface area contributed by atoms with E-state index in [1.54, 1.807) is 0 Å². The third-order valence-corrected chi connectivity index (χ3v) is 3.61. The first kappa shape index (κ1) is 12.6. The maximum absolute atomic E-state index is 9.12. The summed E-state index contributed by atoms with van der Waals surface area (Å²) in [6.45, 7) is 3.25. The fraction of sp³-hybridized carbons (Fsp3) is 0.571. The van der Waals surface area contributed by atoms with Crippen LogP contribution in [0.1, 0.15) is 18.4 Å². The zero-order chi connectivity index (χ0) is 12.1. The summed E-state index contributed by atoms with van der Waals surface area (Å²) in [5, 5.41) is 9.12. The summed E-state index contributed by atoms with van der Waals surface area (Å²) in [4.78, 5) is 2.44. The standard InChI is InChI=1S/C14H22N2O/c15-14(11-17)13-7-4-8-16(10-13)9-12-5-2-1-3-6-12/h1-3,5-6,13-14,17H,4,7-11,15H2/t13?,14-/m0/s1. The first-order valence-corrected chi connectivity index (χ1v) is 6.42. The highest BCUT2D eigenvalue weighted by Gasteiger charge is 2.24. The Morgan fingerprint density at radius 2 is 2.12 bits per heavy atom. The monoisotopic (exact) mass is 234 g/mol. The Labute approximate surface area is 103 Å². The van der Waals surface area contributed by atoms with Gasteiger partial charge < -0.3 is 10.8 Å². The molecular weight excluding hydrogens is 212 g/mol. The fourth-order valence-corrected chi connectivity index (χ4v) is 2.58. The van der Waals surface area contributed by atoms with Crippen molar-refractivity contribution in [1.82, 2.24) is 4.90 Å². The van der Waals surface area contributed by atoms with E-state index in [0.717, 1.165) is 26.1 Å². The predicted octanol–water partition coefficient (Wildman–Crippen LogP) is 1.22. The molecule has 17 heavy (non-hydrogen) atoms. The maximum Gasteiger partial charge on any atom is 0.0585 e. The van der Waals surface area contributed by atoms with E-state index in [1.165, 1.54) is 12.0 Å². The molecule has 0 bridgehead atoms. The maximum atomic E-state index is 9.12. The van der Waals surface area contributed by atoms with Gasteiger partial charge in [0.25, 0.3) is 0 Å². The second kappa shape index (κ2) is 6.15. The zero-order valence-electron chi connectivity index (χ0n) is 10.3. The number of likely N-dealkylation sites (tertiary alicyclic amines) is 1. The van der Waals surface area contributed by atoms with E-state index in [-0.39, 0.29) is 12.6 Å². The van der Waals surface area contributed by atoms with Gasteiger partial charge in [0.2, 0.25) is 0 Å². The Balaban J connectivity index is 1.89. The second-order valence-corrected chi connectivity index (χ2v) is 4.97. The van der Waals surface area contributed by atoms with Crippen LogP contribution >= 0.6 is 0 Å². The summed E-state index contributed by atoms with van der Waals surface area (Å²) >= 11 is 0. The molecule has 94 valence electrons. The van der Waals surface area contributed by atoms with E-state index in [1.807, 2.05) is 6.07 Å². The number of aliphatic hydroxyl groups excluding tert-OH is 1. The van der Waals surface area contributed by atoms with Crippen molar-refractivity contribution in [2.24, 2.45) is 11.7 Å². The Morgan fingerprint density at radius 3 is 2.82 bits per heavy atom. The molecule has 1 aliphatic rings. The van der Waals surface area contributed by atoms with E-state index in [2.05, 4.69) is 29.2 Å². The van der Waals surface area contributed by atoms with Gasteiger partial charge in [-0.25, -0.2) is 0 Å². The zero-order valence-corrected chi connectivity index (χ0v) is 10.3. The lowest BCUT2D eigenvalue weighted by Crippen LogP contribution is -2.44. The van der Waals surface area contributed by atoms with Crippen molar-refractivity contribution in [3.05, 3.63) is 35.9 Å². The van der Waals surface area contributed by atoms with Crippen molar-refractivity contribution in [3.8, 4) is 0 Å². The molecule has 0 saturated carbocycles. The number of nitrogens with two attached hydrogens (primary N) is 1. The summed E-state index contributed by atoms with van der Waals surface area (Å²) in [6, 6.07) is 10.5. The molecule has 1 aromatic rings. The first-order chi connectivity index (χ1) is 8.29. The molecule has 1 unspecified atom stereocenters. The molecule has 3 heteroatoms. The van der Waals surface area contributed by atoms with Crippen LogP contribution in [0.5, 0.6) is 0 Å². The van der Waals surface area contributed by atoms with Gasteiger partial charge in [0, 0.05) is 19.1 Å². The molecule has 3 N–H and O–H groups in total. The van der Waals surface area contributed by atoms with Gasteiger partial charge in [-0.3, -0.25) is 4.90 Å². The van der Waals surface area contributed by atoms with E-state index in [0.29, 0.717) is 5.92 Å². The second-order valence-electron chi connectivity index (χ2n) is 4.97. The van der Waals surface area contributed by atoms with E-state index in [4.69, 9.17) is 10.8 Å². The molecular formula is C14H22N2O. The highest BCUT2D eigenvalue weighted by molar-refractivity contribution is 5.14. The minimum atomic E-state index is -0.0615. The summed E-state index contributed by atoms with van der Waals surface area (Å²) in [6.07, 6.45) is 2.33. The number of piperidine rings is 1. The number of rotatable bonds is 4. The average Bonchev–Trinajstić information content (AvgIpc) is 2.39. The molecule has 0 spiro atoms. The highest BCUT2D eigenvalue weighted by Crippen LogP contribution is 2.20. The smallest absolute Gasteiger partial charge is 0.0585 e. The van der Waals surface area contributed by atoms with Gasteiger partial charge in [0.05, 0.1) is 6.61 Å². The van der Waals surface area contributed by atoms with Gasteiger partial charge in [-0.1, -0.05) is 30.3 Å². The summed E-state index contributed by atoms with van der Waals surface area (Å²) in [5.74, 6) is 0.442. The Kier molecular flexibility index (Phi) is 4.54. The number of benzene rings is 1. The van der Waals surface area contributed by atoms with Crippen LogP contribution in [-0.4, -0.2) is 35.7 Å². The van der Waals surface area contributed by atoms with Gasteiger partial charge in [0.1, 0.15) is 0 Å². The SMILES string of the molecule is N[C@@H](CO)C1CCCN(Cc2ccccc2)C1. The van der Waals surface area contributed by atoms with Crippen molar-refractivity contribution >= 4 is 0 Å². The lowest BCUT2D eigenvalue weighted by molar-refractivity contribution is 0.125. The van der Waals surface area contributed by atoms with Crippen LogP contribution < -0.4 is 5.73 Å². The van der Waals surface area contributed by atoms with Gasteiger partial charge >= 0.3 is 0 Å². The molecule has 0 aromatic heterocycles. The average molecular weight is 234 g/mol. The van der Waals surface area contributed by atoms with Gasteiger partial charge in [0.15, 0.2) is 0 Å². The fourth-order valence-electron chi connectivity index (χ4n) is 2.58. The minimum absolute atomic E-state index is 0.0615. The van der Waals surface area contributed by atoms with Crippen LogP contribution in [0.3, 0.4) is 0 Å². The van der Waals surface area contributed by atoms with Gasteiger partial charge in [-0.05, 0) is 30.9 Å². The molecule has 1 aliphatic heterocycles. The van der Waals surface area contributed by atoms with E-state index in [9.17, 15) is 0 Å². The molecule has 1 heterocycles. The van der Waals surface area contributed by atoms with Crippen molar-refractivity contribution in [2.45, 2.75) is 25.4 Å². The summed E-state index contributed by atoms with van der Waals surface area (Å²) in [7, 11) is 0. The summed E-state index contributed by atoms with van der Waals surface area (Å²) < 4.78 is 0. The normalized spacial score (nSPS) is 23.5. The molecule has 3 nitrogen and oxygen atoms in total. The molecule has 1 saturated heterocycles. The quantitative estimate of drug-likeness (QED) is 0.823. The Hall–Kier alpha value is -0.900. The van der Waals surface area contributed by atoms with Crippen LogP contribution in [0, 0.1) is 5.92 Å². The third kappa shape index (κ3) is 3.53. The number of aliphatic hydroxyl groups is 1. The van der Waals surface area contributed by atoms with E-state index >= 15 is 0 Å². The number of hydrogen-bond donors (Lipinski definition) is 2. The third-order valence-electron chi connectivity index (χ3n) is 3.61. The van der Waals surface area contributed by atoms with Crippen molar-refractivity contribution in [2.75, 3.05) is 19.7 Å². The number of nitrogens with zero attached hydrogens (tertiary/aromatic N) is 1. The molecule has 0 aliphatic carbocycles. The highest BCUT2D eigenvalue weighted by atomic mass is 16.3. The predicted molar refractivity (Wildman–Crippen MR) is 69.5 cm³/mol. The molecule has 2 atom stereocenters. The molecule has 1 fully saturated rings. The largest absolute Gasteiger partial charge is 0.395 e. The topological polar surface area (TPSA) is 49.5 Å². The first-order valence-electron chi connectivity index (χ1n) is 6.42. The van der Waals surface area contributed by atoms with Crippen molar-refractivity contribution < 1.29 is 5.11 Å². The Morgan fingerprint density at radius 1 is 1.35 bits per heavy atom. The minimum Gasteiger partial charge on any atom is -0.395 e. The van der Waals surface area contributed by atoms with Crippen LogP contribution in [0.25, 0.3) is 0 Å². The van der Waals surface area contributed by atoms with Crippen LogP contribution in [0.15, 0.2) is 30.3 Å². The lowest BCUT2D eigenvalue weighted by Gasteiger charge is -2.35. The van der Waals surface area contributed by atoms with Crippen LogP contribution in [-0.2, 0) is 6.54 Å². The number of hydrogen-bond acceptors (Lipinski definition) is 3. The molecule has 0 amide bonds. The van der Waals surface area contributed by atoms with Crippen LogP contribution in [0.2, 0.25) is 0 Å². The van der Waals surface area contributed by atoms with E-state index < -0.39 is 0 Å². The lowest BCUT2D eigenvalue weighted by atomic mass is 9.91. The van der Waals surface area contributed by atoms with Crippen LogP contribution in [0.4, 0.5) is 0 Å². The Bertz CT molecular complexity index is 328. The molecule has 1 aromatic carbocycles.